The summed E-state index contributed by atoms with van der Waals surface area (Å²) in [5.74, 6) is 0. The maximum absolute atomic E-state index is 12.5. The fourth-order valence-electron chi connectivity index (χ4n) is 1.50. The molecule has 4 N–H and O–H groups in total. The van der Waals surface area contributed by atoms with E-state index in [0.717, 1.165) is 12.5 Å². The van der Waals surface area contributed by atoms with Gasteiger partial charge >= 0.3 is 6.18 Å². The van der Waals surface area contributed by atoms with Gasteiger partial charge in [0.05, 0.1) is 10.6 Å². The zero-order chi connectivity index (χ0) is 13.1. The van der Waals surface area contributed by atoms with Gasteiger partial charge in [-0.2, -0.15) is 13.2 Å². The van der Waals surface area contributed by atoms with E-state index in [2.05, 4.69) is 0 Å². The summed E-state index contributed by atoms with van der Waals surface area (Å²) in [6.07, 6.45) is -3.09. The Kier molecular flexibility index (Phi) is 6.99. The van der Waals surface area contributed by atoms with Gasteiger partial charge in [0.25, 0.3) is 0 Å². The molecule has 1 aromatic carbocycles. The highest BCUT2D eigenvalue weighted by atomic mass is 35.5. The highest BCUT2D eigenvalue weighted by Gasteiger charge is 2.33. The number of benzene rings is 1. The Morgan fingerprint density at radius 2 is 1.89 bits per heavy atom. The predicted octanol–water partition coefficient (Wildman–Crippen LogP) is 3.52. The molecule has 0 radical (unpaired) electrons. The molecule has 7 heteroatoms. The van der Waals surface area contributed by atoms with E-state index in [0.29, 0.717) is 18.5 Å². The van der Waals surface area contributed by atoms with Crippen molar-refractivity contribution in [3.63, 3.8) is 0 Å². The Morgan fingerprint density at radius 3 is 2.33 bits per heavy atom. The minimum atomic E-state index is -4.43. The van der Waals surface area contributed by atoms with Crippen LogP contribution in [0.1, 0.15) is 30.0 Å². The van der Waals surface area contributed by atoms with E-state index in [1.807, 2.05) is 0 Å². The molecule has 0 unspecified atom stereocenters. The minimum absolute atomic E-state index is 0. The van der Waals surface area contributed by atoms with Crippen LogP contribution in [0.5, 0.6) is 0 Å². The second-order valence-corrected chi connectivity index (χ2v) is 4.18. The van der Waals surface area contributed by atoms with Crippen LogP contribution in [-0.2, 0) is 6.18 Å². The van der Waals surface area contributed by atoms with E-state index in [-0.39, 0.29) is 23.5 Å². The number of halogens is 5. The van der Waals surface area contributed by atoms with Crippen LogP contribution in [0.15, 0.2) is 18.2 Å². The van der Waals surface area contributed by atoms with Gasteiger partial charge in [0.1, 0.15) is 0 Å². The Bertz CT molecular complexity index is 383. The number of hydrogen-bond acceptors (Lipinski definition) is 2. The Morgan fingerprint density at radius 1 is 1.28 bits per heavy atom. The van der Waals surface area contributed by atoms with E-state index in [1.165, 1.54) is 12.1 Å². The summed E-state index contributed by atoms with van der Waals surface area (Å²) in [4.78, 5) is 0. The summed E-state index contributed by atoms with van der Waals surface area (Å²) in [6, 6.07) is 3.25. The molecule has 104 valence electrons. The first-order valence-corrected chi connectivity index (χ1v) is 5.56. The van der Waals surface area contributed by atoms with Crippen molar-refractivity contribution >= 4 is 24.0 Å². The summed E-state index contributed by atoms with van der Waals surface area (Å²) in [5, 5.41) is -0.321. The first-order chi connectivity index (χ1) is 7.86. The summed E-state index contributed by atoms with van der Waals surface area (Å²) in [7, 11) is 0. The van der Waals surface area contributed by atoms with Gasteiger partial charge in [-0.05, 0) is 37.1 Å². The predicted molar refractivity (Wildman–Crippen MR) is 68.9 cm³/mol. The summed E-state index contributed by atoms with van der Waals surface area (Å²) in [5.41, 5.74) is 10.9. The number of rotatable bonds is 4. The van der Waals surface area contributed by atoms with Gasteiger partial charge in [-0.3, -0.25) is 0 Å². The molecule has 0 saturated heterocycles. The van der Waals surface area contributed by atoms with Gasteiger partial charge in [-0.15, -0.1) is 12.4 Å². The Balaban J connectivity index is 0.00000289. The molecule has 0 saturated carbocycles. The number of hydrogen-bond donors (Lipinski definition) is 2. The molecule has 1 atom stereocenters. The quantitative estimate of drug-likeness (QED) is 0.894. The smallest absolute Gasteiger partial charge is 0.330 e. The molecule has 0 heterocycles. The molecule has 2 nitrogen and oxygen atoms in total. The third-order valence-electron chi connectivity index (χ3n) is 2.45. The van der Waals surface area contributed by atoms with Crippen molar-refractivity contribution < 1.29 is 13.2 Å². The summed E-state index contributed by atoms with van der Waals surface area (Å²) < 4.78 is 37.4. The largest absolute Gasteiger partial charge is 0.417 e. The summed E-state index contributed by atoms with van der Waals surface area (Å²) >= 11 is 5.59. The third-order valence-corrected chi connectivity index (χ3v) is 2.76. The van der Waals surface area contributed by atoms with E-state index in [4.69, 9.17) is 23.1 Å². The normalized spacial score (nSPS) is 13.0. The molecule has 0 amide bonds. The van der Waals surface area contributed by atoms with Gasteiger partial charge in [0.2, 0.25) is 0 Å². The van der Waals surface area contributed by atoms with Gasteiger partial charge in [-0.25, -0.2) is 0 Å². The average molecular weight is 303 g/mol. The maximum atomic E-state index is 12.5. The summed E-state index contributed by atoms with van der Waals surface area (Å²) in [6.45, 7) is 0.502. The van der Waals surface area contributed by atoms with Crippen molar-refractivity contribution in [3.8, 4) is 0 Å². The van der Waals surface area contributed by atoms with Crippen LogP contribution < -0.4 is 11.5 Å². The first kappa shape index (κ1) is 17.5. The lowest BCUT2D eigenvalue weighted by Crippen LogP contribution is -2.13. The third kappa shape index (κ3) is 4.65. The average Bonchev–Trinajstić information content (AvgIpc) is 2.23. The molecular weight excluding hydrogens is 288 g/mol. The Labute approximate surface area is 115 Å². The topological polar surface area (TPSA) is 52.0 Å². The Hall–Kier alpha value is -0.490. The molecule has 18 heavy (non-hydrogen) atoms. The van der Waals surface area contributed by atoms with Crippen LogP contribution in [0.4, 0.5) is 13.2 Å². The maximum Gasteiger partial charge on any atom is 0.417 e. The van der Waals surface area contributed by atoms with Crippen molar-refractivity contribution in [1.29, 1.82) is 0 Å². The van der Waals surface area contributed by atoms with Crippen molar-refractivity contribution in [1.82, 2.24) is 0 Å². The first-order valence-electron chi connectivity index (χ1n) is 5.18. The lowest BCUT2D eigenvalue weighted by atomic mass is 10.0. The molecule has 0 aliphatic rings. The second kappa shape index (κ2) is 7.19. The fourth-order valence-corrected chi connectivity index (χ4v) is 1.79. The minimum Gasteiger partial charge on any atom is -0.330 e. The van der Waals surface area contributed by atoms with Crippen molar-refractivity contribution in [2.75, 3.05) is 6.54 Å². The van der Waals surface area contributed by atoms with Crippen molar-refractivity contribution in [2.24, 2.45) is 11.5 Å². The van der Waals surface area contributed by atoms with Crippen LogP contribution in [0.2, 0.25) is 5.02 Å². The van der Waals surface area contributed by atoms with Crippen LogP contribution in [-0.4, -0.2) is 6.54 Å². The van der Waals surface area contributed by atoms with Gasteiger partial charge in [0, 0.05) is 6.04 Å². The monoisotopic (exact) mass is 302 g/mol. The van der Waals surface area contributed by atoms with E-state index >= 15 is 0 Å². The molecule has 1 aromatic rings. The van der Waals surface area contributed by atoms with Crippen molar-refractivity contribution in [3.05, 3.63) is 34.3 Å². The molecule has 0 aliphatic heterocycles. The molecule has 1 rings (SSSR count). The van der Waals surface area contributed by atoms with Gasteiger partial charge in [-0.1, -0.05) is 17.7 Å². The van der Waals surface area contributed by atoms with Crippen LogP contribution in [0.25, 0.3) is 0 Å². The van der Waals surface area contributed by atoms with Crippen molar-refractivity contribution in [2.45, 2.75) is 25.1 Å². The number of nitrogens with two attached hydrogens (primary N) is 2. The standard InChI is InChI=1S/C11H14ClF3N2.ClH/c12-9-6-7(10(17)2-1-5-16)3-4-8(9)11(13,14)15;/h3-4,6,10H,1-2,5,16-17H2;1H/t10-;/m1./s1. The SMILES string of the molecule is Cl.NCCC[C@@H](N)c1ccc(C(F)(F)F)c(Cl)c1. The number of alkyl halides is 3. The lowest BCUT2D eigenvalue weighted by molar-refractivity contribution is -0.137. The lowest BCUT2D eigenvalue weighted by Gasteiger charge is -2.14. The highest BCUT2D eigenvalue weighted by Crippen LogP contribution is 2.35. The zero-order valence-electron chi connectivity index (χ0n) is 9.51. The highest BCUT2D eigenvalue weighted by molar-refractivity contribution is 6.31. The molecule has 0 aliphatic carbocycles. The molecule has 0 bridgehead atoms. The zero-order valence-corrected chi connectivity index (χ0v) is 11.1. The van der Waals surface area contributed by atoms with E-state index in [1.54, 1.807) is 0 Å². The van der Waals surface area contributed by atoms with Crippen LogP contribution in [0.3, 0.4) is 0 Å². The van der Waals surface area contributed by atoms with Crippen LogP contribution >= 0.6 is 24.0 Å². The second-order valence-electron chi connectivity index (χ2n) is 3.77. The molecular formula is C11H15Cl2F3N2. The fraction of sp³-hybridized carbons (Fsp3) is 0.455. The van der Waals surface area contributed by atoms with Gasteiger partial charge < -0.3 is 11.5 Å². The van der Waals surface area contributed by atoms with Gasteiger partial charge in [0.15, 0.2) is 0 Å². The van der Waals surface area contributed by atoms with E-state index < -0.39 is 11.7 Å². The molecule has 0 fully saturated rings. The van der Waals surface area contributed by atoms with Crippen LogP contribution in [0, 0.1) is 0 Å². The molecule has 0 spiro atoms. The molecule has 0 aromatic heterocycles. The van der Waals surface area contributed by atoms with E-state index in [9.17, 15) is 13.2 Å².